The van der Waals surface area contributed by atoms with Crippen molar-refractivity contribution in [3.8, 4) is 11.1 Å². The number of piperidine rings is 1. The van der Waals surface area contributed by atoms with Crippen LogP contribution in [-0.2, 0) is 11.3 Å². The van der Waals surface area contributed by atoms with Crippen molar-refractivity contribution in [3.05, 3.63) is 54.4 Å². The fraction of sp³-hybridized carbons (Fsp3) is 0.409. The van der Waals surface area contributed by atoms with E-state index in [9.17, 15) is 14.7 Å². The minimum atomic E-state index is -1.17. The van der Waals surface area contributed by atoms with Gasteiger partial charge in [0.05, 0.1) is 18.6 Å². The molecule has 7 nitrogen and oxygen atoms in total. The van der Waals surface area contributed by atoms with Crippen LogP contribution < -0.4 is 5.32 Å². The van der Waals surface area contributed by atoms with Crippen LogP contribution in [0.3, 0.4) is 0 Å². The minimum Gasteiger partial charge on any atom is -0.387 e. The SMILES string of the molecule is CN(C)C(=O)CC1(O)CCCN(C(=O)NCc2cccc(-c3cccnc3)c2)C1. The molecule has 1 unspecified atom stereocenters. The maximum Gasteiger partial charge on any atom is 0.317 e. The standard InChI is InChI=1S/C22H28N4O3/c1-25(2)20(27)13-22(29)9-5-11-26(16-22)21(28)24-14-17-6-3-7-18(12-17)19-8-4-10-23-15-19/h3-4,6-8,10,12,15,29H,5,9,11,13-14,16H2,1-2H3,(H,24,28). The van der Waals surface area contributed by atoms with Gasteiger partial charge in [-0.1, -0.05) is 24.3 Å². The highest BCUT2D eigenvalue weighted by atomic mass is 16.3. The number of β-amino-alcohol motifs (C(OH)–C–C–N with tert-alkyl or cyclic N) is 1. The monoisotopic (exact) mass is 396 g/mol. The highest BCUT2D eigenvalue weighted by Gasteiger charge is 2.37. The van der Waals surface area contributed by atoms with Crippen molar-refractivity contribution in [2.75, 3.05) is 27.2 Å². The third-order valence-corrected chi connectivity index (χ3v) is 5.19. The molecular weight excluding hydrogens is 368 g/mol. The first-order valence-corrected chi connectivity index (χ1v) is 9.81. The smallest absolute Gasteiger partial charge is 0.317 e. The summed E-state index contributed by atoms with van der Waals surface area (Å²) in [5.74, 6) is -0.137. The molecule has 7 heteroatoms. The van der Waals surface area contributed by atoms with Crippen LogP contribution in [0.2, 0.25) is 0 Å². The van der Waals surface area contributed by atoms with E-state index in [0.29, 0.717) is 25.9 Å². The van der Waals surface area contributed by atoms with E-state index in [1.54, 1.807) is 31.4 Å². The minimum absolute atomic E-state index is 0.0247. The average Bonchev–Trinajstić information content (AvgIpc) is 2.72. The predicted octanol–water partition coefficient (Wildman–Crippen LogP) is 2.26. The molecule has 0 radical (unpaired) electrons. The van der Waals surface area contributed by atoms with Crippen LogP contribution in [0.1, 0.15) is 24.8 Å². The summed E-state index contributed by atoms with van der Waals surface area (Å²) < 4.78 is 0. The Labute approximate surface area is 171 Å². The second-order valence-electron chi connectivity index (χ2n) is 7.82. The van der Waals surface area contributed by atoms with Crippen LogP contribution in [0.15, 0.2) is 48.8 Å². The first-order valence-electron chi connectivity index (χ1n) is 9.81. The molecule has 2 heterocycles. The number of hydrogen-bond acceptors (Lipinski definition) is 4. The van der Waals surface area contributed by atoms with Gasteiger partial charge in [0.1, 0.15) is 0 Å². The van der Waals surface area contributed by atoms with Gasteiger partial charge in [0, 0.05) is 39.6 Å². The number of carbonyl (C=O) groups is 2. The van der Waals surface area contributed by atoms with E-state index < -0.39 is 5.60 Å². The lowest BCUT2D eigenvalue weighted by Gasteiger charge is -2.39. The van der Waals surface area contributed by atoms with Crippen LogP contribution in [0.5, 0.6) is 0 Å². The van der Waals surface area contributed by atoms with Gasteiger partial charge in [-0.25, -0.2) is 4.79 Å². The van der Waals surface area contributed by atoms with E-state index >= 15 is 0 Å². The molecule has 1 aliphatic rings. The molecule has 0 aliphatic carbocycles. The van der Waals surface area contributed by atoms with Gasteiger partial charge >= 0.3 is 6.03 Å². The van der Waals surface area contributed by atoms with Crippen molar-refractivity contribution in [1.29, 1.82) is 0 Å². The van der Waals surface area contributed by atoms with E-state index in [-0.39, 0.29) is 24.9 Å². The molecule has 0 bridgehead atoms. The van der Waals surface area contributed by atoms with Crippen LogP contribution in [0.4, 0.5) is 4.79 Å². The Hall–Kier alpha value is -2.93. The number of nitrogens with zero attached hydrogens (tertiary/aromatic N) is 3. The van der Waals surface area contributed by atoms with Gasteiger partial charge in [0.2, 0.25) is 5.91 Å². The topological polar surface area (TPSA) is 85.8 Å². The van der Waals surface area contributed by atoms with Crippen LogP contribution in [-0.4, -0.2) is 64.6 Å². The Morgan fingerprint density at radius 2 is 2.03 bits per heavy atom. The lowest BCUT2D eigenvalue weighted by atomic mass is 9.89. The van der Waals surface area contributed by atoms with Crippen LogP contribution >= 0.6 is 0 Å². The highest BCUT2D eigenvalue weighted by Crippen LogP contribution is 2.25. The van der Waals surface area contributed by atoms with E-state index in [1.807, 2.05) is 36.4 Å². The second kappa shape index (κ2) is 9.05. The summed E-state index contributed by atoms with van der Waals surface area (Å²) in [6.07, 6.45) is 4.75. The maximum absolute atomic E-state index is 12.6. The first-order chi connectivity index (χ1) is 13.9. The summed E-state index contributed by atoms with van der Waals surface area (Å²) in [6, 6.07) is 11.6. The number of aliphatic hydroxyl groups is 1. The fourth-order valence-electron chi connectivity index (χ4n) is 3.55. The van der Waals surface area contributed by atoms with Gasteiger partial charge in [-0.2, -0.15) is 0 Å². The number of benzene rings is 1. The van der Waals surface area contributed by atoms with Gasteiger partial charge in [-0.05, 0) is 41.7 Å². The zero-order valence-electron chi connectivity index (χ0n) is 17.0. The molecule has 1 aromatic carbocycles. The van der Waals surface area contributed by atoms with Crippen molar-refractivity contribution < 1.29 is 14.7 Å². The number of pyridine rings is 1. The Bertz CT molecular complexity index is 856. The molecule has 3 rings (SSSR count). The lowest BCUT2D eigenvalue weighted by molar-refractivity contribution is -0.135. The summed E-state index contributed by atoms with van der Waals surface area (Å²) in [7, 11) is 3.33. The van der Waals surface area contributed by atoms with E-state index in [1.165, 1.54) is 4.90 Å². The molecule has 1 aromatic heterocycles. The van der Waals surface area contributed by atoms with Crippen molar-refractivity contribution in [3.63, 3.8) is 0 Å². The summed E-state index contributed by atoms with van der Waals surface area (Å²) in [4.78, 5) is 31.8. The zero-order valence-corrected chi connectivity index (χ0v) is 17.0. The zero-order chi connectivity index (χ0) is 20.9. The molecule has 154 valence electrons. The van der Waals surface area contributed by atoms with Crippen LogP contribution in [0, 0.1) is 0 Å². The third kappa shape index (κ3) is 5.54. The molecule has 1 atom stereocenters. The average molecular weight is 396 g/mol. The number of amides is 3. The molecule has 0 saturated carbocycles. The molecule has 2 aromatic rings. The number of rotatable bonds is 5. The predicted molar refractivity (Wildman–Crippen MR) is 111 cm³/mol. The molecule has 1 saturated heterocycles. The lowest BCUT2D eigenvalue weighted by Crippen LogP contribution is -2.54. The maximum atomic E-state index is 12.6. The van der Waals surface area contributed by atoms with E-state index in [2.05, 4.69) is 10.3 Å². The van der Waals surface area contributed by atoms with Gasteiger partial charge in [-0.3, -0.25) is 9.78 Å². The number of likely N-dealkylation sites (tertiary alicyclic amines) is 1. The van der Waals surface area contributed by atoms with E-state index in [4.69, 9.17) is 0 Å². The van der Waals surface area contributed by atoms with Crippen molar-refractivity contribution in [2.24, 2.45) is 0 Å². The van der Waals surface area contributed by atoms with E-state index in [0.717, 1.165) is 16.7 Å². The summed E-state index contributed by atoms with van der Waals surface area (Å²) >= 11 is 0. The van der Waals surface area contributed by atoms with Crippen molar-refractivity contribution >= 4 is 11.9 Å². The molecular formula is C22H28N4O3. The highest BCUT2D eigenvalue weighted by molar-refractivity contribution is 5.77. The van der Waals surface area contributed by atoms with Crippen molar-refractivity contribution in [2.45, 2.75) is 31.4 Å². The molecule has 1 fully saturated rings. The summed E-state index contributed by atoms with van der Waals surface area (Å²) in [6.45, 7) is 1.12. The van der Waals surface area contributed by atoms with Gasteiger partial charge in [0.25, 0.3) is 0 Å². The number of aromatic nitrogens is 1. The Kier molecular flexibility index (Phi) is 6.49. The summed E-state index contributed by atoms with van der Waals surface area (Å²) in [5.41, 5.74) is 1.87. The van der Waals surface area contributed by atoms with Crippen LogP contribution in [0.25, 0.3) is 11.1 Å². The van der Waals surface area contributed by atoms with Crippen molar-refractivity contribution in [1.82, 2.24) is 20.1 Å². The van der Waals surface area contributed by atoms with Gasteiger partial charge in [-0.15, -0.1) is 0 Å². The Morgan fingerprint density at radius 1 is 1.24 bits per heavy atom. The Morgan fingerprint density at radius 3 is 2.76 bits per heavy atom. The summed E-state index contributed by atoms with van der Waals surface area (Å²) in [5, 5.41) is 13.7. The van der Waals surface area contributed by atoms with Gasteiger partial charge in [0.15, 0.2) is 0 Å². The Balaban J connectivity index is 1.59. The second-order valence-corrected chi connectivity index (χ2v) is 7.82. The quantitative estimate of drug-likeness (QED) is 0.812. The number of hydrogen-bond donors (Lipinski definition) is 2. The fourth-order valence-corrected chi connectivity index (χ4v) is 3.55. The number of urea groups is 1. The number of nitrogens with one attached hydrogen (secondary N) is 1. The third-order valence-electron chi connectivity index (χ3n) is 5.19. The number of carbonyl (C=O) groups excluding carboxylic acids is 2. The molecule has 1 aliphatic heterocycles. The molecule has 3 amide bonds. The van der Waals surface area contributed by atoms with Gasteiger partial charge < -0.3 is 20.2 Å². The molecule has 29 heavy (non-hydrogen) atoms. The molecule has 2 N–H and O–H groups in total. The largest absolute Gasteiger partial charge is 0.387 e. The normalized spacial score (nSPS) is 18.9. The molecule has 0 spiro atoms. The first kappa shape index (κ1) is 20.8.